The molecule has 1 N–H and O–H groups in total. The molecule has 130 valence electrons. The molecule has 0 unspecified atom stereocenters. The minimum Gasteiger partial charge on any atom is -0.365 e. The number of halogens is 2. The van der Waals surface area contributed by atoms with Crippen molar-refractivity contribution in [2.45, 2.75) is 13.5 Å². The summed E-state index contributed by atoms with van der Waals surface area (Å²) in [6.45, 7) is 2.69. The number of pyridine rings is 1. The first-order valence-electron chi connectivity index (χ1n) is 8.34. The Balaban J connectivity index is 1.82. The molecule has 0 fully saturated rings. The molecule has 2 aromatic carbocycles. The maximum absolute atomic E-state index is 13.6. The molecule has 26 heavy (non-hydrogen) atoms. The molecule has 3 nitrogen and oxygen atoms in total. The molecule has 2 aromatic heterocycles. The first kappa shape index (κ1) is 16.6. The van der Waals surface area contributed by atoms with Crippen LogP contribution in [0.25, 0.3) is 16.9 Å². The van der Waals surface area contributed by atoms with Crippen molar-refractivity contribution in [1.82, 2.24) is 9.38 Å². The van der Waals surface area contributed by atoms with Crippen molar-refractivity contribution in [2.75, 3.05) is 5.32 Å². The van der Waals surface area contributed by atoms with E-state index < -0.39 is 5.82 Å². The van der Waals surface area contributed by atoms with E-state index in [4.69, 9.17) is 16.6 Å². The summed E-state index contributed by atoms with van der Waals surface area (Å²) in [4.78, 5) is 4.73. The van der Waals surface area contributed by atoms with Gasteiger partial charge in [0.2, 0.25) is 0 Å². The fourth-order valence-corrected chi connectivity index (χ4v) is 3.13. The number of aryl methyl sites for hydroxylation is 1. The molecule has 5 heteroatoms. The minimum atomic E-state index is -0.436. The summed E-state index contributed by atoms with van der Waals surface area (Å²) in [6.07, 6.45) is 2.03. The Labute approximate surface area is 156 Å². The maximum Gasteiger partial charge on any atom is 0.141 e. The van der Waals surface area contributed by atoms with Crippen LogP contribution in [0.5, 0.6) is 0 Å². The standard InChI is InChI=1S/C21H17ClFN3/c1-14-7-10-19-25-20(16-8-9-18(23)17(22)11-16)21(26(19)13-14)24-12-15-5-3-2-4-6-15/h2-11,13,24H,12H2,1H3. The molecule has 0 radical (unpaired) electrons. The lowest BCUT2D eigenvalue weighted by molar-refractivity contribution is 0.628. The number of aromatic nitrogens is 2. The van der Waals surface area contributed by atoms with Crippen LogP contribution in [0.2, 0.25) is 5.02 Å². The first-order valence-corrected chi connectivity index (χ1v) is 8.71. The molecule has 0 aliphatic carbocycles. The van der Waals surface area contributed by atoms with E-state index in [2.05, 4.69) is 17.4 Å². The number of rotatable bonds is 4. The number of imidazole rings is 1. The molecule has 0 bridgehead atoms. The van der Waals surface area contributed by atoms with Crippen molar-refractivity contribution < 1.29 is 4.39 Å². The van der Waals surface area contributed by atoms with Crippen LogP contribution in [-0.2, 0) is 6.54 Å². The Morgan fingerprint density at radius 1 is 1.08 bits per heavy atom. The smallest absolute Gasteiger partial charge is 0.141 e. The third kappa shape index (κ3) is 3.16. The molecule has 0 aliphatic heterocycles. The quantitative estimate of drug-likeness (QED) is 0.501. The van der Waals surface area contributed by atoms with E-state index in [1.807, 2.05) is 47.9 Å². The highest BCUT2D eigenvalue weighted by Crippen LogP contribution is 2.31. The Kier molecular flexibility index (Phi) is 4.35. The largest absolute Gasteiger partial charge is 0.365 e. The maximum atomic E-state index is 13.6. The zero-order valence-electron chi connectivity index (χ0n) is 14.2. The van der Waals surface area contributed by atoms with E-state index >= 15 is 0 Å². The summed E-state index contributed by atoms with van der Waals surface area (Å²) in [7, 11) is 0. The number of nitrogens with one attached hydrogen (secondary N) is 1. The van der Waals surface area contributed by atoms with E-state index in [1.54, 1.807) is 12.1 Å². The summed E-state index contributed by atoms with van der Waals surface area (Å²) >= 11 is 5.98. The van der Waals surface area contributed by atoms with Gasteiger partial charge in [-0.1, -0.05) is 48.0 Å². The third-order valence-electron chi connectivity index (χ3n) is 4.26. The van der Waals surface area contributed by atoms with Crippen LogP contribution in [0.3, 0.4) is 0 Å². The van der Waals surface area contributed by atoms with Crippen LogP contribution in [0.1, 0.15) is 11.1 Å². The predicted octanol–water partition coefficient (Wildman–Crippen LogP) is 5.71. The number of hydrogen-bond donors (Lipinski definition) is 1. The fraction of sp³-hybridized carbons (Fsp3) is 0.0952. The average molecular weight is 366 g/mol. The lowest BCUT2D eigenvalue weighted by atomic mass is 10.1. The van der Waals surface area contributed by atoms with E-state index in [1.165, 1.54) is 6.07 Å². The molecule has 0 aliphatic rings. The summed E-state index contributed by atoms with van der Waals surface area (Å²) in [6, 6.07) is 18.8. The molecule has 4 aromatic rings. The summed E-state index contributed by atoms with van der Waals surface area (Å²) in [5, 5.41) is 3.56. The number of benzene rings is 2. The van der Waals surface area contributed by atoms with Crippen molar-refractivity contribution in [3.63, 3.8) is 0 Å². The Morgan fingerprint density at radius 2 is 1.88 bits per heavy atom. The molecule has 0 saturated heterocycles. The van der Waals surface area contributed by atoms with Crippen molar-refractivity contribution >= 4 is 23.1 Å². The van der Waals surface area contributed by atoms with E-state index in [-0.39, 0.29) is 5.02 Å². The zero-order chi connectivity index (χ0) is 18.1. The van der Waals surface area contributed by atoms with Crippen molar-refractivity contribution in [3.8, 4) is 11.3 Å². The van der Waals surface area contributed by atoms with Crippen LogP contribution >= 0.6 is 11.6 Å². The van der Waals surface area contributed by atoms with Crippen molar-refractivity contribution in [2.24, 2.45) is 0 Å². The summed E-state index contributed by atoms with van der Waals surface area (Å²) < 4.78 is 15.6. The first-order chi connectivity index (χ1) is 12.6. The van der Waals surface area contributed by atoms with E-state index in [0.717, 1.165) is 33.8 Å². The Morgan fingerprint density at radius 3 is 2.65 bits per heavy atom. The number of hydrogen-bond acceptors (Lipinski definition) is 2. The van der Waals surface area contributed by atoms with Crippen LogP contribution in [0.15, 0.2) is 66.9 Å². The van der Waals surface area contributed by atoms with Crippen LogP contribution in [0, 0.1) is 12.7 Å². The highest BCUT2D eigenvalue weighted by molar-refractivity contribution is 6.31. The molecule has 0 spiro atoms. The second-order valence-corrected chi connectivity index (χ2v) is 6.62. The molecule has 0 saturated carbocycles. The molecule has 2 heterocycles. The second-order valence-electron chi connectivity index (χ2n) is 6.21. The number of nitrogens with zero attached hydrogens (tertiary/aromatic N) is 2. The van der Waals surface area contributed by atoms with Gasteiger partial charge in [0.05, 0.1) is 5.02 Å². The SMILES string of the molecule is Cc1ccc2nc(-c3ccc(F)c(Cl)c3)c(NCc3ccccc3)n2c1. The highest BCUT2D eigenvalue weighted by atomic mass is 35.5. The van der Waals surface area contributed by atoms with Gasteiger partial charge in [-0.05, 0) is 42.3 Å². The minimum absolute atomic E-state index is 0.0877. The average Bonchev–Trinajstić information content (AvgIpc) is 3.01. The van der Waals surface area contributed by atoms with E-state index in [9.17, 15) is 4.39 Å². The molecule has 4 rings (SSSR count). The normalized spacial score (nSPS) is 11.0. The molecular formula is C21H17ClFN3. The molecule has 0 atom stereocenters. The zero-order valence-corrected chi connectivity index (χ0v) is 15.0. The summed E-state index contributed by atoms with van der Waals surface area (Å²) in [5.41, 5.74) is 4.63. The predicted molar refractivity (Wildman–Crippen MR) is 104 cm³/mol. The lowest BCUT2D eigenvalue weighted by Crippen LogP contribution is -2.03. The van der Waals surface area contributed by atoms with E-state index in [0.29, 0.717) is 6.54 Å². The second kappa shape index (κ2) is 6.81. The van der Waals surface area contributed by atoms with Gasteiger partial charge >= 0.3 is 0 Å². The van der Waals surface area contributed by atoms with Gasteiger partial charge in [-0.2, -0.15) is 0 Å². The van der Waals surface area contributed by atoms with Gasteiger partial charge in [0.25, 0.3) is 0 Å². The van der Waals surface area contributed by atoms with Crippen LogP contribution < -0.4 is 5.32 Å². The van der Waals surface area contributed by atoms with Crippen LogP contribution in [0.4, 0.5) is 10.2 Å². The van der Waals surface area contributed by atoms with Crippen LogP contribution in [-0.4, -0.2) is 9.38 Å². The fourth-order valence-electron chi connectivity index (χ4n) is 2.95. The van der Waals surface area contributed by atoms with Gasteiger partial charge in [-0.25, -0.2) is 9.37 Å². The Hall–Kier alpha value is -2.85. The van der Waals surface area contributed by atoms with Gasteiger partial charge in [0.1, 0.15) is 23.0 Å². The topological polar surface area (TPSA) is 29.3 Å². The number of anilines is 1. The monoisotopic (exact) mass is 365 g/mol. The Bertz CT molecular complexity index is 1070. The van der Waals surface area contributed by atoms with Crippen molar-refractivity contribution in [1.29, 1.82) is 0 Å². The summed E-state index contributed by atoms with van der Waals surface area (Å²) in [5.74, 6) is 0.420. The van der Waals surface area contributed by atoms with Crippen molar-refractivity contribution in [3.05, 3.63) is 88.8 Å². The van der Waals surface area contributed by atoms with Gasteiger partial charge in [-0.15, -0.1) is 0 Å². The lowest BCUT2D eigenvalue weighted by Gasteiger charge is -2.10. The van der Waals surface area contributed by atoms with Gasteiger partial charge in [0.15, 0.2) is 0 Å². The van der Waals surface area contributed by atoms with Gasteiger partial charge < -0.3 is 5.32 Å². The molecule has 0 amide bonds. The molecular weight excluding hydrogens is 349 g/mol. The number of fused-ring (bicyclic) bond motifs is 1. The third-order valence-corrected chi connectivity index (χ3v) is 4.55. The van der Waals surface area contributed by atoms with Gasteiger partial charge in [-0.3, -0.25) is 4.40 Å². The highest BCUT2D eigenvalue weighted by Gasteiger charge is 2.15. The van der Waals surface area contributed by atoms with Gasteiger partial charge in [0, 0.05) is 18.3 Å².